The number of Topliss-reactive ketones (excluding diaryl/α,β-unsaturated/α-hetero) is 1. The Hall–Kier alpha value is -3.82. The SMILES string of the molecule is NC(=O)C(=O)C(Cc1cc[nH]c1)NC(=O)c1cncn1-c1ncccn1. The molecule has 1 unspecified atom stereocenters. The van der Waals surface area contributed by atoms with E-state index in [0.29, 0.717) is 0 Å². The number of carbonyl (C=O) groups is 3. The van der Waals surface area contributed by atoms with Crippen molar-refractivity contribution in [1.29, 1.82) is 0 Å². The predicted molar refractivity (Wildman–Crippen MR) is 89.1 cm³/mol. The highest BCUT2D eigenvalue weighted by Gasteiger charge is 2.27. The van der Waals surface area contributed by atoms with E-state index in [4.69, 9.17) is 5.73 Å². The molecule has 2 amide bonds. The molecule has 0 aliphatic heterocycles. The van der Waals surface area contributed by atoms with Gasteiger partial charge >= 0.3 is 0 Å². The van der Waals surface area contributed by atoms with E-state index >= 15 is 0 Å². The van der Waals surface area contributed by atoms with Crippen molar-refractivity contribution < 1.29 is 14.4 Å². The maximum atomic E-state index is 12.6. The Balaban J connectivity index is 1.83. The summed E-state index contributed by atoms with van der Waals surface area (Å²) in [6.45, 7) is 0. The monoisotopic (exact) mass is 353 g/mol. The normalized spacial score (nSPS) is 11.7. The van der Waals surface area contributed by atoms with Crippen molar-refractivity contribution in [3.05, 3.63) is 60.7 Å². The molecule has 3 aromatic heterocycles. The standard InChI is InChI=1S/C16H15N7O3/c17-14(25)13(24)11(6-10-2-5-18-7-10)22-15(26)12-8-19-9-23(12)16-20-3-1-4-21-16/h1-5,7-9,11,18H,6H2,(H2,17,25)(H,22,26). The molecule has 1 atom stereocenters. The number of nitrogens with zero attached hydrogens (tertiary/aromatic N) is 4. The van der Waals surface area contributed by atoms with Crippen LogP contribution >= 0.6 is 0 Å². The Morgan fingerprint density at radius 2 is 2.04 bits per heavy atom. The first-order valence-electron chi connectivity index (χ1n) is 7.62. The molecule has 0 spiro atoms. The minimum absolute atomic E-state index is 0.118. The zero-order valence-electron chi connectivity index (χ0n) is 13.5. The number of ketones is 1. The van der Waals surface area contributed by atoms with Gasteiger partial charge in [0.15, 0.2) is 0 Å². The summed E-state index contributed by atoms with van der Waals surface area (Å²) < 4.78 is 1.37. The topological polar surface area (TPSA) is 149 Å². The van der Waals surface area contributed by atoms with Gasteiger partial charge in [-0.15, -0.1) is 0 Å². The highest BCUT2D eigenvalue weighted by molar-refractivity contribution is 6.38. The molecule has 0 bridgehead atoms. The first kappa shape index (κ1) is 17.0. The van der Waals surface area contributed by atoms with Crippen molar-refractivity contribution in [3.8, 4) is 5.95 Å². The van der Waals surface area contributed by atoms with Crippen molar-refractivity contribution in [2.75, 3.05) is 0 Å². The van der Waals surface area contributed by atoms with Crippen LogP contribution in [-0.4, -0.2) is 48.1 Å². The number of carbonyl (C=O) groups excluding carboxylic acids is 3. The Labute approximate surface area is 147 Å². The number of H-pyrrole nitrogens is 1. The first-order valence-corrected chi connectivity index (χ1v) is 7.62. The number of primary amides is 1. The fourth-order valence-electron chi connectivity index (χ4n) is 2.37. The summed E-state index contributed by atoms with van der Waals surface area (Å²) in [5, 5.41) is 2.53. The lowest BCUT2D eigenvalue weighted by molar-refractivity contribution is -0.137. The number of aromatic nitrogens is 5. The molecule has 3 heterocycles. The second-order valence-corrected chi connectivity index (χ2v) is 5.38. The molecular formula is C16H15N7O3. The Kier molecular flexibility index (Phi) is 4.83. The lowest BCUT2D eigenvalue weighted by Gasteiger charge is -2.16. The van der Waals surface area contributed by atoms with Crippen LogP contribution in [0.5, 0.6) is 0 Å². The molecule has 0 saturated carbocycles. The average Bonchev–Trinajstić information content (AvgIpc) is 3.32. The van der Waals surface area contributed by atoms with Crippen molar-refractivity contribution in [2.24, 2.45) is 5.73 Å². The van der Waals surface area contributed by atoms with E-state index in [2.05, 4.69) is 25.3 Å². The zero-order chi connectivity index (χ0) is 18.5. The van der Waals surface area contributed by atoms with Crippen LogP contribution in [0.3, 0.4) is 0 Å². The molecule has 132 valence electrons. The number of hydrogen-bond acceptors (Lipinski definition) is 6. The van der Waals surface area contributed by atoms with Gasteiger partial charge in [0, 0.05) is 31.2 Å². The van der Waals surface area contributed by atoms with E-state index in [9.17, 15) is 14.4 Å². The van der Waals surface area contributed by atoms with Gasteiger partial charge in [0.05, 0.1) is 6.20 Å². The van der Waals surface area contributed by atoms with Crippen LogP contribution in [0.1, 0.15) is 16.1 Å². The summed E-state index contributed by atoms with van der Waals surface area (Å²) in [4.78, 5) is 50.9. The fourth-order valence-corrected chi connectivity index (χ4v) is 2.37. The highest BCUT2D eigenvalue weighted by Crippen LogP contribution is 2.08. The van der Waals surface area contributed by atoms with E-state index in [1.807, 2.05) is 0 Å². The van der Waals surface area contributed by atoms with Crippen LogP contribution in [0.2, 0.25) is 0 Å². The second-order valence-electron chi connectivity index (χ2n) is 5.38. The van der Waals surface area contributed by atoms with Crippen LogP contribution in [0.25, 0.3) is 5.95 Å². The minimum atomic E-state index is -1.12. The lowest BCUT2D eigenvalue weighted by Crippen LogP contribution is -2.47. The maximum Gasteiger partial charge on any atom is 0.287 e. The molecule has 26 heavy (non-hydrogen) atoms. The summed E-state index contributed by atoms with van der Waals surface area (Å²) in [5.41, 5.74) is 5.95. The van der Waals surface area contributed by atoms with E-state index < -0.39 is 23.6 Å². The van der Waals surface area contributed by atoms with Gasteiger partial charge in [-0.3, -0.25) is 19.0 Å². The minimum Gasteiger partial charge on any atom is -0.367 e. The van der Waals surface area contributed by atoms with Crippen LogP contribution < -0.4 is 11.1 Å². The van der Waals surface area contributed by atoms with Gasteiger partial charge in [-0.05, 0) is 17.7 Å². The average molecular weight is 353 g/mol. The largest absolute Gasteiger partial charge is 0.367 e. The zero-order valence-corrected chi connectivity index (χ0v) is 13.5. The van der Waals surface area contributed by atoms with Gasteiger partial charge in [-0.25, -0.2) is 15.0 Å². The molecule has 10 heteroatoms. The van der Waals surface area contributed by atoms with Crippen LogP contribution in [0, 0.1) is 0 Å². The van der Waals surface area contributed by atoms with Gasteiger partial charge in [-0.2, -0.15) is 0 Å². The number of aromatic amines is 1. The molecule has 0 aliphatic rings. The third-order valence-corrected chi connectivity index (χ3v) is 3.61. The van der Waals surface area contributed by atoms with E-state index in [1.165, 1.54) is 29.5 Å². The van der Waals surface area contributed by atoms with Gasteiger partial charge < -0.3 is 16.0 Å². The van der Waals surface area contributed by atoms with Crippen molar-refractivity contribution in [1.82, 2.24) is 29.8 Å². The molecule has 4 N–H and O–H groups in total. The van der Waals surface area contributed by atoms with Crippen molar-refractivity contribution in [3.63, 3.8) is 0 Å². The molecule has 0 aliphatic carbocycles. The summed E-state index contributed by atoms with van der Waals surface area (Å²) in [7, 11) is 0. The third-order valence-electron chi connectivity index (χ3n) is 3.61. The Morgan fingerprint density at radius 3 is 2.69 bits per heavy atom. The van der Waals surface area contributed by atoms with E-state index in [0.717, 1.165) is 5.56 Å². The smallest absolute Gasteiger partial charge is 0.287 e. The van der Waals surface area contributed by atoms with Gasteiger partial charge in [-0.1, -0.05) is 0 Å². The van der Waals surface area contributed by atoms with Crippen molar-refractivity contribution in [2.45, 2.75) is 12.5 Å². The van der Waals surface area contributed by atoms with Gasteiger partial charge in [0.25, 0.3) is 11.8 Å². The Morgan fingerprint density at radius 1 is 1.27 bits per heavy atom. The number of amides is 2. The summed E-state index contributed by atoms with van der Waals surface area (Å²) in [5.74, 6) is -2.36. The van der Waals surface area contributed by atoms with Gasteiger partial charge in [0.2, 0.25) is 11.7 Å². The Bertz CT molecular complexity index is 918. The molecule has 3 aromatic rings. The maximum absolute atomic E-state index is 12.6. The third kappa shape index (κ3) is 3.64. The molecule has 0 saturated heterocycles. The van der Waals surface area contributed by atoms with E-state index in [-0.39, 0.29) is 18.1 Å². The van der Waals surface area contributed by atoms with Crippen LogP contribution in [0.15, 0.2) is 49.4 Å². The molecule has 0 fully saturated rings. The number of hydrogen-bond donors (Lipinski definition) is 3. The number of nitrogens with one attached hydrogen (secondary N) is 2. The van der Waals surface area contributed by atoms with Gasteiger partial charge in [0.1, 0.15) is 18.1 Å². The quantitative estimate of drug-likeness (QED) is 0.482. The summed E-state index contributed by atoms with van der Waals surface area (Å²) >= 11 is 0. The molecular weight excluding hydrogens is 338 g/mol. The summed E-state index contributed by atoms with van der Waals surface area (Å²) in [6, 6.07) is 2.27. The highest BCUT2D eigenvalue weighted by atomic mass is 16.2. The molecule has 0 radical (unpaired) electrons. The summed E-state index contributed by atoms with van der Waals surface area (Å²) in [6.07, 6.45) is 9.19. The molecule has 3 rings (SSSR count). The molecule has 0 aromatic carbocycles. The predicted octanol–water partition coefficient (Wildman–Crippen LogP) is -0.614. The number of rotatable bonds is 7. The van der Waals surface area contributed by atoms with Crippen molar-refractivity contribution >= 4 is 17.6 Å². The van der Waals surface area contributed by atoms with Crippen LogP contribution in [0.4, 0.5) is 0 Å². The second kappa shape index (κ2) is 7.38. The lowest BCUT2D eigenvalue weighted by atomic mass is 10.0. The fraction of sp³-hybridized carbons (Fsp3) is 0.125. The number of imidazole rings is 1. The molecule has 10 nitrogen and oxygen atoms in total. The van der Waals surface area contributed by atoms with Crippen LogP contribution in [-0.2, 0) is 16.0 Å². The van der Waals surface area contributed by atoms with E-state index in [1.54, 1.807) is 24.5 Å². The first-order chi connectivity index (χ1) is 12.6. The number of nitrogens with two attached hydrogens (primary N) is 1.